The number of hydrogen-bond donors (Lipinski definition) is 1. The first-order valence-corrected chi connectivity index (χ1v) is 5.99. The van der Waals surface area contributed by atoms with Crippen LogP contribution in [0, 0.1) is 13.8 Å². The molecule has 1 aromatic carbocycles. The molecule has 0 spiro atoms. The predicted molar refractivity (Wildman–Crippen MR) is 70.5 cm³/mol. The number of furan rings is 1. The molecule has 0 bridgehead atoms. The summed E-state index contributed by atoms with van der Waals surface area (Å²) in [5.41, 5.74) is 4.77. The van der Waals surface area contributed by atoms with Gasteiger partial charge in [-0.3, -0.25) is 0 Å². The zero-order chi connectivity index (χ0) is 12.4. The Bertz CT molecular complexity index is 519. The van der Waals surface area contributed by atoms with Gasteiger partial charge in [0, 0.05) is 5.56 Å². The molecular formula is C14H16ClNO. The summed E-state index contributed by atoms with van der Waals surface area (Å²) < 4.78 is 5.16. The highest BCUT2D eigenvalue weighted by Crippen LogP contribution is 2.31. The van der Waals surface area contributed by atoms with Gasteiger partial charge >= 0.3 is 0 Å². The molecule has 0 amide bonds. The van der Waals surface area contributed by atoms with E-state index in [1.165, 1.54) is 16.7 Å². The first-order valence-electron chi connectivity index (χ1n) is 5.61. The summed E-state index contributed by atoms with van der Waals surface area (Å²) >= 11 is 6.05. The van der Waals surface area contributed by atoms with Gasteiger partial charge in [0.05, 0.1) is 12.3 Å². The van der Waals surface area contributed by atoms with Crippen LogP contribution >= 0.6 is 11.6 Å². The maximum atomic E-state index is 6.05. The van der Waals surface area contributed by atoms with Crippen LogP contribution in [0.15, 0.2) is 34.9 Å². The molecule has 0 fully saturated rings. The number of benzene rings is 1. The summed E-state index contributed by atoms with van der Waals surface area (Å²) in [7, 11) is 1.93. The summed E-state index contributed by atoms with van der Waals surface area (Å²) in [5.74, 6) is 0. The lowest BCUT2D eigenvalue weighted by atomic mass is 9.94. The third-order valence-electron chi connectivity index (χ3n) is 3.20. The SMILES string of the molecule is CNC(c1ccoc1Cl)c1cccc(C)c1C. The number of halogens is 1. The molecule has 2 aromatic rings. The maximum absolute atomic E-state index is 6.05. The molecule has 2 nitrogen and oxygen atoms in total. The highest BCUT2D eigenvalue weighted by molar-refractivity contribution is 6.29. The Hall–Kier alpha value is -1.25. The first kappa shape index (κ1) is 12.2. The Kier molecular flexibility index (Phi) is 3.55. The van der Waals surface area contributed by atoms with Crippen molar-refractivity contribution in [2.75, 3.05) is 7.05 Å². The van der Waals surface area contributed by atoms with Gasteiger partial charge in [-0.1, -0.05) is 18.2 Å². The summed E-state index contributed by atoms with van der Waals surface area (Å²) in [6.07, 6.45) is 1.62. The molecule has 1 unspecified atom stereocenters. The van der Waals surface area contributed by atoms with Crippen LogP contribution in [0.3, 0.4) is 0 Å². The van der Waals surface area contributed by atoms with Crippen LogP contribution in [0.1, 0.15) is 28.3 Å². The molecule has 1 N–H and O–H groups in total. The Balaban J connectivity index is 2.50. The lowest BCUT2D eigenvalue weighted by Gasteiger charge is -2.19. The summed E-state index contributed by atoms with van der Waals surface area (Å²) in [6.45, 7) is 4.24. The molecule has 0 radical (unpaired) electrons. The molecule has 0 aliphatic heterocycles. The summed E-state index contributed by atoms with van der Waals surface area (Å²) in [4.78, 5) is 0. The van der Waals surface area contributed by atoms with Crippen molar-refractivity contribution in [1.82, 2.24) is 5.32 Å². The fourth-order valence-corrected chi connectivity index (χ4v) is 2.30. The van der Waals surface area contributed by atoms with Crippen molar-refractivity contribution in [1.29, 1.82) is 0 Å². The second-order valence-electron chi connectivity index (χ2n) is 4.16. The molecule has 3 heteroatoms. The molecule has 1 aromatic heterocycles. The van der Waals surface area contributed by atoms with Crippen molar-refractivity contribution in [2.24, 2.45) is 0 Å². The first-order chi connectivity index (χ1) is 8.15. The lowest BCUT2D eigenvalue weighted by molar-refractivity contribution is 0.559. The minimum atomic E-state index is 0.0705. The van der Waals surface area contributed by atoms with Gasteiger partial charge < -0.3 is 9.73 Å². The van der Waals surface area contributed by atoms with Crippen molar-refractivity contribution >= 4 is 11.6 Å². The van der Waals surface area contributed by atoms with E-state index in [9.17, 15) is 0 Å². The van der Waals surface area contributed by atoms with E-state index >= 15 is 0 Å². The van der Waals surface area contributed by atoms with Gasteiger partial charge in [-0.15, -0.1) is 0 Å². The van der Waals surface area contributed by atoms with Crippen molar-refractivity contribution in [3.8, 4) is 0 Å². The Labute approximate surface area is 107 Å². The Morgan fingerprint density at radius 1 is 1.18 bits per heavy atom. The average molecular weight is 250 g/mol. The van der Waals surface area contributed by atoms with E-state index in [-0.39, 0.29) is 6.04 Å². The van der Waals surface area contributed by atoms with E-state index < -0.39 is 0 Å². The predicted octanol–water partition coefficient (Wildman–Crippen LogP) is 3.86. The van der Waals surface area contributed by atoms with Gasteiger partial charge in [0.15, 0.2) is 5.22 Å². The molecule has 1 atom stereocenters. The molecule has 2 rings (SSSR count). The second kappa shape index (κ2) is 4.94. The van der Waals surface area contributed by atoms with Gasteiger partial charge in [-0.25, -0.2) is 0 Å². The number of aryl methyl sites for hydroxylation is 1. The van der Waals surface area contributed by atoms with E-state index in [4.69, 9.17) is 16.0 Å². The summed E-state index contributed by atoms with van der Waals surface area (Å²) in [5, 5.41) is 3.73. The van der Waals surface area contributed by atoms with Crippen molar-refractivity contribution in [3.63, 3.8) is 0 Å². The molecule has 0 saturated carbocycles. The van der Waals surface area contributed by atoms with Crippen LogP contribution in [0.4, 0.5) is 0 Å². The third kappa shape index (κ3) is 2.24. The monoisotopic (exact) mass is 249 g/mol. The minimum Gasteiger partial charge on any atom is -0.453 e. The molecular weight excluding hydrogens is 234 g/mol. The second-order valence-corrected chi connectivity index (χ2v) is 4.50. The average Bonchev–Trinajstić information content (AvgIpc) is 2.72. The Morgan fingerprint density at radius 3 is 2.53 bits per heavy atom. The van der Waals surface area contributed by atoms with Gasteiger partial charge in [-0.05, 0) is 55.3 Å². The van der Waals surface area contributed by atoms with Crippen LogP contribution in [-0.4, -0.2) is 7.05 Å². The molecule has 0 aliphatic rings. The van der Waals surface area contributed by atoms with E-state index in [2.05, 4.69) is 37.4 Å². The molecule has 0 aliphatic carbocycles. The topological polar surface area (TPSA) is 25.2 Å². The van der Waals surface area contributed by atoms with Crippen molar-refractivity contribution in [2.45, 2.75) is 19.9 Å². The number of rotatable bonds is 3. The fraction of sp³-hybridized carbons (Fsp3) is 0.286. The van der Waals surface area contributed by atoms with Gasteiger partial charge in [0.25, 0.3) is 0 Å². The molecule has 0 saturated heterocycles. The minimum absolute atomic E-state index is 0.0705. The van der Waals surface area contributed by atoms with Crippen molar-refractivity contribution in [3.05, 3.63) is 58.0 Å². The zero-order valence-electron chi connectivity index (χ0n) is 10.3. The van der Waals surface area contributed by atoms with E-state index in [1.807, 2.05) is 13.1 Å². The van der Waals surface area contributed by atoms with E-state index in [0.717, 1.165) is 5.56 Å². The fourth-order valence-electron chi connectivity index (χ4n) is 2.08. The molecule has 1 heterocycles. The zero-order valence-corrected chi connectivity index (χ0v) is 11.0. The van der Waals surface area contributed by atoms with Crippen LogP contribution in [0.5, 0.6) is 0 Å². The smallest absolute Gasteiger partial charge is 0.198 e. The van der Waals surface area contributed by atoms with Crippen molar-refractivity contribution < 1.29 is 4.42 Å². The van der Waals surface area contributed by atoms with Crippen LogP contribution in [0.25, 0.3) is 0 Å². The van der Waals surface area contributed by atoms with Gasteiger partial charge in [-0.2, -0.15) is 0 Å². The van der Waals surface area contributed by atoms with E-state index in [0.29, 0.717) is 5.22 Å². The van der Waals surface area contributed by atoms with Crippen LogP contribution in [0.2, 0.25) is 5.22 Å². The van der Waals surface area contributed by atoms with Crippen LogP contribution < -0.4 is 5.32 Å². The summed E-state index contributed by atoms with van der Waals surface area (Å²) in [6, 6.07) is 8.28. The van der Waals surface area contributed by atoms with Gasteiger partial charge in [0.2, 0.25) is 0 Å². The maximum Gasteiger partial charge on any atom is 0.198 e. The standard InChI is InChI=1S/C14H16ClNO/c1-9-5-4-6-11(10(9)2)13(16-3)12-7-8-17-14(12)15/h4-8,13,16H,1-3H3. The Morgan fingerprint density at radius 2 is 1.94 bits per heavy atom. The molecule has 90 valence electrons. The van der Waals surface area contributed by atoms with E-state index in [1.54, 1.807) is 6.26 Å². The quantitative estimate of drug-likeness (QED) is 0.894. The molecule has 17 heavy (non-hydrogen) atoms. The normalized spacial score (nSPS) is 12.7. The number of nitrogens with one attached hydrogen (secondary N) is 1. The highest BCUT2D eigenvalue weighted by Gasteiger charge is 2.19. The third-order valence-corrected chi connectivity index (χ3v) is 3.51. The number of hydrogen-bond acceptors (Lipinski definition) is 2. The largest absolute Gasteiger partial charge is 0.453 e. The van der Waals surface area contributed by atoms with Gasteiger partial charge in [0.1, 0.15) is 0 Å². The van der Waals surface area contributed by atoms with Crippen LogP contribution in [-0.2, 0) is 0 Å². The lowest BCUT2D eigenvalue weighted by Crippen LogP contribution is -2.18. The highest BCUT2D eigenvalue weighted by atomic mass is 35.5.